The van der Waals surface area contributed by atoms with Crippen molar-refractivity contribution >= 4 is 23.2 Å². The Morgan fingerprint density at radius 2 is 1.89 bits per heavy atom. The second kappa shape index (κ2) is 4.97. The summed E-state index contributed by atoms with van der Waals surface area (Å²) in [5.74, 6) is -1.59. The van der Waals surface area contributed by atoms with Gasteiger partial charge in [0.15, 0.2) is 11.6 Å². The van der Waals surface area contributed by atoms with Gasteiger partial charge in [-0.05, 0) is 41.9 Å². The van der Waals surface area contributed by atoms with E-state index in [0.29, 0.717) is 5.56 Å². The fraction of sp³-hybridized carbons (Fsp3) is 0.571. The van der Waals surface area contributed by atoms with E-state index in [9.17, 15) is 8.78 Å². The Bertz CT molecular complexity index is 457. The van der Waals surface area contributed by atoms with Crippen LogP contribution in [-0.4, -0.2) is 0 Å². The van der Waals surface area contributed by atoms with Gasteiger partial charge in [-0.15, -0.1) is 11.6 Å². The lowest BCUT2D eigenvalue weighted by Gasteiger charge is -2.31. The number of hydrogen-bond acceptors (Lipinski definition) is 0. The molecule has 1 fully saturated rings. The first-order valence-corrected chi connectivity index (χ1v) is 6.93. The minimum atomic E-state index is -0.932. The maximum Gasteiger partial charge on any atom is 0.160 e. The summed E-state index contributed by atoms with van der Waals surface area (Å²) in [5.41, 5.74) is 0.609. The fourth-order valence-corrected chi connectivity index (χ4v) is 3.83. The summed E-state index contributed by atoms with van der Waals surface area (Å²) in [5, 5.41) is -0.165. The van der Waals surface area contributed by atoms with E-state index in [0.717, 1.165) is 31.4 Å². The van der Waals surface area contributed by atoms with Gasteiger partial charge in [-0.25, -0.2) is 8.78 Å². The molecule has 0 aromatic heterocycles. The molecule has 100 valence electrons. The molecule has 2 rings (SSSR count). The van der Waals surface area contributed by atoms with Gasteiger partial charge in [0.1, 0.15) is 0 Å². The molecule has 0 bridgehead atoms. The first kappa shape index (κ1) is 14.1. The van der Waals surface area contributed by atoms with Crippen molar-refractivity contribution in [2.75, 3.05) is 0 Å². The first-order chi connectivity index (χ1) is 8.33. The van der Waals surface area contributed by atoms with Crippen molar-refractivity contribution in [2.24, 2.45) is 11.3 Å². The van der Waals surface area contributed by atoms with Crippen LogP contribution >= 0.6 is 23.2 Å². The van der Waals surface area contributed by atoms with Crippen molar-refractivity contribution in [3.05, 3.63) is 34.4 Å². The third-order valence-electron chi connectivity index (χ3n) is 4.03. The molecule has 0 spiro atoms. The van der Waals surface area contributed by atoms with Crippen LogP contribution in [0.25, 0.3) is 0 Å². The van der Waals surface area contributed by atoms with E-state index in [-0.39, 0.29) is 21.7 Å². The van der Waals surface area contributed by atoms with Crippen LogP contribution in [0.5, 0.6) is 0 Å². The lowest BCUT2D eigenvalue weighted by Crippen LogP contribution is -2.21. The normalized spacial score (nSPS) is 24.2. The molecule has 0 N–H and O–H groups in total. The smallest absolute Gasteiger partial charge is 0.160 e. The Labute approximate surface area is 116 Å². The van der Waals surface area contributed by atoms with E-state index in [1.807, 2.05) is 0 Å². The third kappa shape index (κ3) is 2.50. The molecular formula is C14H16Cl2F2. The summed E-state index contributed by atoms with van der Waals surface area (Å²) in [6, 6.07) is 2.13. The molecule has 1 aromatic rings. The topological polar surface area (TPSA) is 0 Å². The second-order valence-corrected chi connectivity index (χ2v) is 6.55. The molecule has 18 heavy (non-hydrogen) atoms. The van der Waals surface area contributed by atoms with Crippen LogP contribution in [0.2, 0.25) is 5.02 Å². The summed E-state index contributed by atoms with van der Waals surface area (Å²) in [4.78, 5) is 0. The highest BCUT2D eigenvalue weighted by atomic mass is 35.5. The number of halogens is 4. The molecule has 4 heteroatoms. The molecule has 1 aliphatic carbocycles. The first-order valence-electron chi connectivity index (χ1n) is 6.11. The van der Waals surface area contributed by atoms with Crippen LogP contribution < -0.4 is 0 Å². The molecule has 0 aliphatic heterocycles. The van der Waals surface area contributed by atoms with Gasteiger partial charge >= 0.3 is 0 Å². The summed E-state index contributed by atoms with van der Waals surface area (Å²) in [6.07, 6.45) is 3.21. The zero-order valence-electron chi connectivity index (χ0n) is 10.4. The van der Waals surface area contributed by atoms with Crippen LogP contribution in [0.1, 0.15) is 44.1 Å². The lowest BCUT2D eigenvalue weighted by molar-refractivity contribution is 0.252. The van der Waals surface area contributed by atoms with Crippen LogP contribution in [0.15, 0.2) is 12.1 Å². The summed E-state index contributed by atoms with van der Waals surface area (Å²) >= 11 is 12.4. The van der Waals surface area contributed by atoms with Gasteiger partial charge in [0.2, 0.25) is 0 Å². The zero-order valence-corrected chi connectivity index (χ0v) is 12.0. The fourth-order valence-electron chi connectivity index (χ4n) is 2.86. The second-order valence-electron chi connectivity index (χ2n) is 5.68. The largest absolute Gasteiger partial charge is 0.204 e. The Kier molecular flexibility index (Phi) is 3.89. The molecule has 2 atom stereocenters. The van der Waals surface area contributed by atoms with Crippen molar-refractivity contribution in [1.29, 1.82) is 0 Å². The summed E-state index contributed by atoms with van der Waals surface area (Å²) < 4.78 is 26.4. The number of hydrogen-bond donors (Lipinski definition) is 0. The minimum Gasteiger partial charge on any atom is -0.204 e. The Hall–Kier alpha value is -0.340. The van der Waals surface area contributed by atoms with Gasteiger partial charge in [0.25, 0.3) is 0 Å². The molecule has 0 radical (unpaired) electrons. The van der Waals surface area contributed by atoms with Crippen molar-refractivity contribution in [1.82, 2.24) is 0 Å². The van der Waals surface area contributed by atoms with Gasteiger partial charge < -0.3 is 0 Å². The maximum atomic E-state index is 13.3. The van der Waals surface area contributed by atoms with E-state index >= 15 is 0 Å². The molecular weight excluding hydrogens is 277 g/mol. The Morgan fingerprint density at radius 1 is 1.28 bits per heavy atom. The monoisotopic (exact) mass is 292 g/mol. The van der Waals surface area contributed by atoms with E-state index < -0.39 is 11.6 Å². The molecule has 1 saturated carbocycles. The highest BCUT2D eigenvalue weighted by Gasteiger charge is 2.40. The average Bonchev–Trinajstić information content (AvgIpc) is 2.62. The van der Waals surface area contributed by atoms with Gasteiger partial charge in [0.05, 0.1) is 5.38 Å². The van der Waals surface area contributed by atoms with Gasteiger partial charge in [-0.2, -0.15) is 0 Å². The number of alkyl halides is 1. The van der Waals surface area contributed by atoms with Crippen molar-refractivity contribution in [2.45, 2.75) is 38.5 Å². The third-order valence-corrected chi connectivity index (χ3v) is 4.90. The van der Waals surface area contributed by atoms with Crippen molar-refractivity contribution in [3.63, 3.8) is 0 Å². The average molecular weight is 293 g/mol. The number of benzene rings is 1. The lowest BCUT2D eigenvalue weighted by atomic mass is 9.78. The predicted molar refractivity (Wildman–Crippen MR) is 71.1 cm³/mol. The highest BCUT2D eigenvalue weighted by molar-refractivity contribution is 6.32. The van der Waals surface area contributed by atoms with E-state index in [1.165, 1.54) is 0 Å². The van der Waals surface area contributed by atoms with Crippen LogP contribution in [0.4, 0.5) is 8.78 Å². The maximum absolute atomic E-state index is 13.3. The standard InChI is InChI=1S/C14H16Cl2F2/c1-14(2)5-3-4-9(14)13(16)8-6-11(17)12(18)7-10(8)15/h6-7,9,13H,3-5H2,1-2H3. The zero-order chi connectivity index (χ0) is 13.5. The predicted octanol–water partition coefficient (Wildman–Crippen LogP) is 5.72. The van der Waals surface area contributed by atoms with Gasteiger partial charge in [-0.1, -0.05) is 31.9 Å². The Balaban J connectivity index is 2.34. The molecule has 0 heterocycles. The summed E-state index contributed by atoms with van der Waals surface area (Å²) in [6.45, 7) is 4.32. The molecule has 0 nitrogen and oxygen atoms in total. The Morgan fingerprint density at radius 3 is 2.44 bits per heavy atom. The van der Waals surface area contributed by atoms with E-state index in [1.54, 1.807) is 0 Å². The van der Waals surface area contributed by atoms with E-state index in [2.05, 4.69) is 13.8 Å². The highest BCUT2D eigenvalue weighted by Crippen LogP contribution is 2.52. The SMILES string of the molecule is CC1(C)CCCC1C(Cl)c1cc(F)c(F)cc1Cl. The molecule has 1 aromatic carbocycles. The van der Waals surface area contributed by atoms with Crippen LogP contribution in [0, 0.1) is 23.0 Å². The molecule has 1 aliphatic rings. The van der Waals surface area contributed by atoms with E-state index in [4.69, 9.17) is 23.2 Å². The van der Waals surface area contributed by atoms with Crippen LogP contribution in [-0.2, 0) is 0 Å². The van der Waals surface area contributed by atoms with Crippen molar-refractivity contribution in [3.8, 4) is 0 Å². The quantitative estimate of drug-likeness (QED) is 0.483. The van der Waals surface area contributed by atoms with Crippen molar-refractivity contribution < 1.29 is 8.78 Å². The van der Waals surface area contributed by atoms with Gasteiger partial charge in [0, 0.05) is 5.02 Å². The molecule has 0 amide bonds. The molecule has 2 unspecified atom stereocenters. The number of rotatable bonds is 2. The van der Waals surface area contributed by atoms with Gasteiger partial charge in [-0.3, -0.25) is 0 Å². The summed E-state index contributed by atoms with van der Waals surface area (Å²) in [7, 11) is 0. The molecule has 0 saturated heterocycles. The van der Waals surface area contributed by atoms with Crippen LogP contribution in [0.3, 0.4) is 0 Å². The minimum absolute atomic E-state index is 0.112.